The van der Waals surface area contributed by atoms with Crippen LogP contribution in [-0.4, -0.2) is 38.9 Å². The van der Waals surface area contributed by atoms with E-state index in [1.54, 1.807) is 19.9 Å². The lowest BCUT2D eigenvalue weighted by atomic mass is 10.2. The largest absolute Gasteiger partial charge is 0.494 e. The minimum Gasteiger partial charge on any atom is -0.494 e. The molecule has 0 fully saturated rings. The minimum absolute atomic E-state index is 0.107. The molecule has 0 aliphatic rings. The van der Waals surface area contributed by atoms with Crippen LogP contribution in [0.2, 0.25) is 0 Å². The third-order valence-electron chi connectivity index (χ3n) is 4.02. The Morgan fingerprint density at radius 3 is 2.22 bits per heavy atom. The number of esters is 1. The van der Waals surface area contributed by atoms with Gasteiger partial charge in [-0.3, -0.25) is 0 Å². The maximum atomic E-state index is 13.7. The number of rotatable bonds is 8. The molecule has 0 aliphatic carbocycles. The highest BCUT2D eigenvalue weighted by atomic mass is 32.2. The van der Waals surface area contributed by atoms with E-state index in [1.165, 1.54) is 47.8 Å². The lowest BCUT2D eigenvalue weighted by molar-refractivity contribution is 0.0472. The Balaban J connectivity index is 2.06. The van der Waals surface area contributed by atoms with E-state index in [2.05, 4.69) is 0 Å². The summed E-state index contributed by atoms with van der Waals surface area (Å²) in [5.74, 6) is -1.06. The standard InChI is InChI=1S/C19H22FNO5S/c1-4-21(5-2)27(23,24)16-9-7-15(8-10-16)19(22)26-13-14-6-11-18(25-3)17(20)12-14/h6-12H,4-5,13H2,1-3H3. The van der Waals surface area contributed by atoms with Gasteiger partial charge in [-0.15, -0.1) is 0 Å². The molecule has 0 saturated carbocycles. The first-order valence-corrected chi connectivity index (χ1v) is 9.87. The molecule has 6 nitrogen and oxygen atoms in total. The van der Waals surface area contributed by atoms with Crippen LogP contribution < -0.4 is 4.74 Å². The molecular weight excluding hydrogens is 373 g/mol. The molecule has 146 valence electrons. The van der Waals surface area contributed by atoms with E-state index < -0.39 is 21.8 Å². The summed E-state index contributed by atoms with van der Waals surface area (Å²) in [6, 6.07) is 9.81. The Bertz CT molecular complexity index is 893. The third kappa shape index (κ3) is 4.84. The minimum atomic E-state index is -3.58. The van der Waals surface area contributed by atoms with Crippen LogP contribution in [0.3, 0.4) is 0 Å². The predicted octanol–water partition coefficient (Wildman–Crippen LogP) is 3.22. The molecule has 0 radical (unpaired) electrons. The smallest absolute Gasteiger partial charge is 0.338 e. The van der Waals surface area contributed by atoms with Crippen LogP contribution in [0.5, 0.6) is 5.75 Å². The number of hydrogen-bond acceptors (Lipinski definition) is 5. The van der Waals surface area contributed by atoms with Crippen molar-refractivity contribution in [1.82, 2.24) is 4.31 Å². The second kappa shape index (κ2) is 8.96. The summed E-state index contributed by atoms with van der Waals surface area (Å²) >= 11 is 0. The van der Waals surface area contributed by atoms with Crippen LogP contribution in [0, 0.1) is 5.82 Å². The van der Waals surface area contributed by atoms with Gasteiger partial charge in [0, 0.05) is 13.1 Å². The van der Waals surface area contributed by atoms with Gasteiger partial charge in [-0.1, -0.05) is 19.9 Å². The van der Waals surface area contributed by atoms with Crippen molar-refractivity contribution >= 4 is 16.0 Å². The number of methoxy groups -OCH3 is 1. The molecule has 0 aromatic heterocycles. The Morgan fingerprint density at radius 2 is 1.70 bits per heavy atom. The molecule has 0 bridgehead atoms. The first kappa shape index (κ1) is 20.9. The number of benzene rings is 2. The summed E-state index contributed by atoms with van der Waals surface area (Å²) in [4.78, 5) is 12.2. The predicted molar refractivity (Wildman–Crippen MR) is 98.6 cm³/mol. The summed E-state index contributed by atoms with van der Waals surface area (Å²) in [6.07, 6.45) is 0. The molecule has 8 heteroatoms. The molecule has 2 aromatic carbocycles. The lowest BCUT2D eigenvalue weighted by Gasteiger charge is -2.18. The van der Waals surface area contributed by atoms with Crippen LogP contribution in [-0.2, 0) is 21.4 Å². The molecule has 0 spiro atoms. The SMILES string of the molecule is CCN(CC)S(=O)(=O)c1ccc(C(=O)OCc2ccc(OC)c(F)c2)cc1. The lowest BCUT2D eigenvalue weighted by Crippen LogP contribution is -2.30. The number of ether oxygens (including phenoxy) is 2. The maximum Gasteiger partial charge on any atom is 0.338 e. The van der Waals surface area contributed by atoms with Crippen molar-refractivity contribution < 1.29 is 27.1 Å². The first-order valence-electron chi connectivity index (χ1n) is 8.43. The van der Waals surface area contributed by atoms with E-state index in [4.69, 9.17) is 9.47 Å². The van der Waals surface area contributed by atoms with Crippen molar-refractivity contribution in [2.24, 2.45) is 0 Å². The normalized spacial score (nSPS) is 11.4. The average molecular weight is 395 g/mol. The van der Waals surface area contributed by atoms with E-state index in [-0.39, 0.29) is 22.8 Å². The van der Waals surface area contributed by atoms with Gasteiger partial charge < -0.3 is 9.47 Å². The molecule has 0 unspecified atom stereocenters. The molecular formula is C19H22FNO5S. The second-order valence-corrected chi connectivity index (χ2v) is 7.60. The zero-order chi connectivity index (χ0) is 20.0. The first-order chi connectivity index (χ1) is 12.8. The van der Waals surface area contributed by atoms with Gasteiger partial charge in [0.1, 0.15) is 6.61 Å². The number of nitrogens with zero attached hydrogens (tertiary/aromatic N) is 1. The van der Waals surface area contributed by atoms with E-state index in [0.717, 1.165) is 0 Å². The Hall–Kier alpha value is -2.45. The van der Waals surface area contributed by atoms with Crippen LogP contribution in [0.25, 0.3) is 0 Å². The summed E-state index contributed by atoms with van der Waals surface area (Å²) in [5, 5.41) is 0. The van der Waals surface area contributed by atoms with Crippen molar-refractivity contribution in [2.45, 2.75) is 25.3 Å². The zero-order valence-corrected chi connectivity index (χ0v) is 16.3. The van der Waals surface area contributed by atoms with Crippen molar-refractivity contribution in [2.75, 3.05) is 20.2 Å². The van der Waals surface area contributed by atoms with Gasteiger partial charge in [0.05, 0.1) is 17.6 Å². The fraction of sp³-hybridized carbons (Fsp3) is 0.316. The maximum absolute atomic E-state index is 13.7. The van der Waals surface area contributed by atoms with Gasteiger partial charge in [0.15, 0.2) is 11.6 Å². The monoisotopic (exact) mass is 395 g/mol. The number of carbonyl (C=O) groups is 1. The number of halogens is 1. The van der Waals surface area contributed by atoms with Crippen molar-refractivity contribution in [3.63, 3.8) is 0 Å². The zero-order valence-electron chi connectivity index (χ0n) is 15.4. The molecule has 27 heavy (non-hydrogen) atoms. The van der Waals surface area contributed by atoms with E-state index in [1.807, 2.05) is 0 Å². The Kier molecular flexibility index (Phi) is 6.92. The molecule has 2 rings (SSSR count). The number of carbonyl (C=O) groups excluding carboxylic acids is 1. The molecule has 0 aliphatic heterocycles. The Labute approximate surface area is 158 Å². The molecule has 0 N–H and O–H groups in total. The number of sulfonamides is 1. The fourth-order valence-corrected chi connectivity index (χ4v) is 3.97. The van der Waals surface area contributed by atoms with Crippen molar-refractivity contribution in [3.8, 4) is 5.75 Å². The summed E-state index contributed by atoms with van der Waals surface area (Å²) < 4.78 is 49.8. The van der Waals surface area contributed by atoms with Crippen LogP contribution >= 0.6 is 0 Å². The van der Waals surface area contributed by atoms with Gasteiger partial charge in [0.2, 0.25) is 10.0 Å². The van der Waals surface area contributed by atoms with Crippen LogP contribution in [0.1, 0.15) is 29.8 Å². The molecule has 0 heterocycles. The highest BCUT2D eigenvalue weighted by Gasteiger charge is 2.21. The van der Waals surface area contributed by atoms with Gasteiger partial charge in [0.25, 0.3) is 0 Å². The van der Waals surface area contributed by atoms with E-state index >= 15 is 0 Å². The molecule has 0 atom stereocenters. The molecule has 0 amide bonds. The molecule has 2 aromatic rings. The highest BCUT2D eigenvalue weighted by Crippen LogP contribution is 2.19. The van der Waals surface area contributed by atoms with Crippen molar-refractivity contribution in [3.05, 3.63) is 59.4 Å². The molecule has 0 saturated heterocycles. The third-order valence-corrected chi connectivity index (χ3v) is 6.08. The topological polar surface area (TPSA) is 72.9 Å². The van der Waals surface area contributed by atoms with E-state index in [9.17, 15) is 17.6 Å². The summed E-state index contributed by atoms with van der Waals surface area (Å²) in [6.45, 7) is 4.13. The highest BCUT2D eigenvalue weighted by molar-refractivity contribution is 7.89. The summed E-state index contributed by atoms with van der Waals surface area (Å²) in [7, 11) is -2.22. The number of hydrogen-bond donors (Lipinski definition) is 0. The van der Waals surface area contributed by atoms with Crippen molar-refractivity contribution in [1.29, 1.82) is 0 Å². The fourth-order valence-electron chi connectivity index (χ4n) is 2.51. The van der Waals surface area contributed by atoms with Gasteiger partial charge in [-0.2, -0.15) is 4.31 Å². The average Bonchev–Trinajstić information content (AvgIpc) is 2.67. The van der Waals surface area contributed by atoms with Crippen LogP contribution in [0.15, 0.2) is 47.4 Å². The quantitative estimate of drug-likeness (QED) is 0.642. The second-order valence-electron chi connectivity index (χ2n) is 5.66. The van der Waals surface area contributed by atoms with E-state index in [0.29, 0.717) is 18.7 Å². The van der Waals surface area contributed by atoms with Gasteiger partial charge in [-0.05, 0) is 42.0 Å². The summed E-state index contributed by atoms with van der Waals surface area (Å²) in [5.41, 5.74) is 0.685. The Morgan fingerprint density at radius 1 is 1.07 bits per heavy atom. The van der Waals surface area contributed by atoms with Gasteiger partial charge in [-0.25, -0.2) is 17.6 Å². The van der Waals surface area contributed by atoms with Crippen LogP contribution in [0.4, 0.5) is 4.39 Å². The van der Waals surface area contributed by atoms with Gasteiger partial charge >= 0.3 is 5.97 Å².